The van der Waals surface area contributed by atoms with Crippen molar-refractivity contribution in [1.29, 1.82) is 0 Å². The first-order chi connectivity index (χ1) is 15.5. The minimum absolute atomic E-state index is 0.635. The Morgan fingerprint density at radius 2 is 1.50 bits per heavy atom. The number of hydrogen-bond donors (Lipinski definition) is 0. The second-order valence-corrected chi connectivity index (χ2v) is 6.58. The van der Waals surface area contributed by atoms with Crippen molar-refractivity contribution in [2.45, 2.75) is 34.6 Å². The number of rotatable bonds is 1. The second-order valence-electron chi connectivity index (χ2n) is 6.14. The van der Waals surface area contributed by atoms with Crippen LogP contribution in [0.4, 0.5) is 0 Å². The van der Waals surface area contributed by atoms with E-state index in [4.69, 9.17) is 11.6 Å². The molecule has 0 spiro atoms. The van der Waals surface area contributed by atoms with Gasteiger partial charge >= 0.3 is 0 Å². The van der Waals surface area contributed by atoms with E-state index in [-0.39, 0.29) is 0 Å². The second kappa shape index (κ2) is 14.6. The van der Waals surface area contributed by atoms with Crippen molar-refractivity contribution in [1.82, 2.24) is 24.3 Å². The van der Waals surface area contributed by atoms with Gasteiger partial charge in [-0.25, -0.2) is 9.97 Å². The molecule has 0 saturated heterocycles. The highest BCUT2D eigenvalue weighted by molar-refractivity contribution is 6.30. The Morgan fingerprint density at radius 3 is 2.03 bits per heavy atom. The summed E-state index contributed by atoms with van der Waals surface area (Å²) < 4.78 is 3.73. The number of benzene rings is 1. The van der Waals surface area contributed by atoms with Gasteiger partial charge in [0.05, 0.1) is 12.0 Å². The molecule has 3 aromatic heterocycles. The average Bonchev–Trinajstić information content (AvgIpc) is 3.41. The summed E-state index contributed by atoms with van der Waals surface area (Å²) in [6.45, 7) is 10.1. The molecule has 0 amide bonds. The first kappa shape index (κ1) is 26.7. The molecule has 0 radical (unpaired) electrons. The van der Waals surface area contributed by atoms with Crippen LogP contribution in [0.15, 0.2) is 67.3 Å². The minimum Gasteiger partial charge on any atom is -0.337 e. The molecule has 5 nitrogen and oxygen atoms in total. The number of nitrogens with zero attached hydrogens (tertiary/aromatic N) is 5. The third kappa shape index (κ3) is 8.41. The van der Waals surface area contributed by atoms with Gasteiger partial charge in [0, 0.05) is 42.8 Å². The number of halogens is 1. The zero-order chi connectivity index (χ0) is 23.9. The molecule has 0 N–H and O–H groups in total. The Bertz CT molecular complexity index is 1120. The van der Waals surface area contributed by atoms with Crippen LogP contribution >= 0.6 is 11.6 Å². The summed E-state index contributed by atoms with van der Waals surface area (Å²) in [4.78, 5) is 8.42. The van der Waals surface area contributed by atoms with Crippen molar-refractivity contribution in [2.75, 3.05) is 0 Å². The number of aryl methyl sites for hydroxylation is 2. The maximum atomic E-state index is 5.80. The molecule has 4 rings (SSSR count). The standard InChI is InChI=1S/C11H8ClN3.C11H12N2.2C2H6/c1-15-7-5-10(14-15)2-3-11-8-9(12)4-6-13-11;1-9-11(12-8-13(9)2)10-6-4-3-5-7-10;2*1-2/h4-8H,1H3;3-8H,1-2H3;2*1-2H3. The lowest BCUT2D eigenvalue weighted by molar-refractivity contribution is 0.764. The molecular weight excluding hydrogens is 418 g/mol. The van der Waals surface area contributed by atoms with E-state index in [2.05, 4.69) is 46.0 Å². The maximum Gasteiger partial charge on any atom is 0.135 e. The topological polar surface area (TPSA) is 48.5 Å². The summed E-state index contributed by atoms with van der Waals surface area (Å²) in [6, 6.07) is 15.5. The average molecular weight is 450 g/mol. The Balaban J connectivity index is 0.000000279. The van der Waals surface area contributed by atoms with Gasteiger partial charge in [0.1, 0.15) is 11.4 Å². The van der Waals surface area contributed by atoms with Crippen molar-refractivity contribution < 1.29 is 0 Å². The Labute approximate surface area is 197 Å². The molecule has 32 heavy (non-hydrogen) atoms. The molecule has 6 heteroatoms. The lowest BCUT2D eigenvalue weighted by Crippen LogP contribution is -1.88. The minimum atomic E-state index is 0.635. The SMILES string of the molecule is CC.CC.Cc1c(-c2ccccc2)ncn1C.Cn1ccc(C#Cc2cc(Cl)ccn2)n1. The van der Waals surface area contributed by atoms with Crippen molar-refractivity contribution in [2.24, 2.45) is 14.1 Å². The summed E-state index contributed by atoms with van der Waals surface area (Å²) in [7, 11) is 3.86. The van der Waals surface area contributed by atoms with Gasteiger partial charge < -0.3 is 4.57 Å². The van der Waals surface area contributed by atoms with Crippen LogP contribution in [0.1, 0.15) is 44.8 Å². The van der Waals surface area contributed by atoms with Crippen molar-refractivity contribution in [3.8, 4) is 23.1 Å². The van der Waals surface area contributed by atoms with E-state index in [1.165, 1.54) is 11.3 Å². The number of imidazole rings is 1. The van der Waals surface area contributed by atoms with Gasteiger partial charge in [-0.2, -0.15) is 5.10 Å². The molecule has 168 valence electrons. The fourth-order valence-electron chi connectivity index (χ4n) is 2.45. The molecule has 1 aromatic carbocycles. The predicted octanol–water partition coefficient (Wildman–Crippen LogP) is 6.32. The van der Waals surface area contributed by atoms with E-state index in [1.807, 2.05) is 83.1 Å². The number of aromatic nitrogens is 5. The largest absolute Gasteiger partial charge is 0.337 e. The van der Waals surface area contributed by atoms with Crippen LogP contribution in [0.25, 0.3) is 11.3 Å². The molecule has 0 unspecified atom stereocenters. The highest BCUT2D eigenvalue weighted by Gasteiger charge is 2.04. The number of hydrogen-bond acceptors (Lipinski definition) is 3. The van der Waals surface area contributed by atoms with Gasteiger partial charge in [0.15, 0.2) is 0 Å². The van der Waals surface area contributed by atoms with Crippen molar-refractivity contribution >= 4 is 11.6 Å². The molecule has 0 bridgehead atoms. The van der Waals surface area contributed by atoms with Crippen LogP contribution in [0.5, 0.6) is 0 Å². The van der Waals surface area contributed by atoms with E-state index >= 15 is 0 Å². The van der Waals surface area contributed by atoms with Crippen LogP contribution in [0, 0.1) is 18.8 Å². The normalized spacial score (nSPS) is 9.00. The third-order valence-corrected chi connectivity index (χ3v) is 4.27. The van der Waals surface area contributed by atoms with Crippen LogP contribution in [0.2, 0.25) is 5.02 Å². The Hall–Kier alpha value is -3.36. The van der Waals surface area contributed by atoms with Crippen LogP contribution in [0.3, 0.4) is 0 Å². The van der Waals surface area contributed by atoms with Gasteiger partial charge in [-0.15, -0.1) is 0 Å². The summed E-state index contributed by atoms with van der Waals surface area (Å²) in [6.07, 6.45) is 5.32. The predicted molar refractivity (Wildman–Crippen MR) is 135 cm³/mol. The van der Waals surface area contributed by atoms with Crippen molar-refractivity contribution in [3.63, 3.8) is 0 Å². The van der Waals surface area contributed by atoms with E-state index in [1.54, 1.807) is 23.0 Å². The van der Waals surface area contributed by atoms with Crippen LogP contribution in [-0.2, 0) is 14.1 Å². The van der Waals surface area contributed by atoms with E-state index < -0.39 is 0 Å². The summed E-state index contributed by atoms with van der Waals surface area (Å²) in [5.41, 5.74) is 4.82. The van der Waals surface area contributed by atoms with E-state index in [0.29, 0.717) is 10.7 Å². The first-order valence-electron chi connectivity index (χ1n) is 10.7. The molecule has 0 aliphatic rings. The molecule has 3 heterocycles. The quantitative estimate of drug-likeness (QED) is 0.319. The van der Waals surface area contributed by atoms with Gasteiger partial charge in [-0.05, 0) is 37.0 Å². The van der Waals surface area contributed by atoms with Crippen LogP contribution < -0.4 is 0 Å². The highest BCUT2D eigenvalue weighted by atomic mass is 35.5. The Morgan fingerprint density at radius 1 is 0.844 bits per heavy atom. The van der Waals surface area contributed by atoms with E-state index in [0.717, 1.165) is 11.4 Å². The van der Waals surface area contributed by atoms with Gasteiger partial charge in [0.25, 0.3) is 0 Å². The monoisotopic (exact) mass is 449 g/mol. The number of pyridine rings is 1. The first-order valence-corrected chi connectivity index (χ1v) is 11.1. The molecule has 0 atom stereocenters. The molecule has 0 aliphatic heterocycles. The summed E-state index contributed by atoms with van der Waals surface area (Å²) >= 11 is 5.80. The lowest BCUT2D eigenvalue weighted by atomic mass is 10.1. The zero-order valence-corrected chi connectivity index (χ0v) is 20.7. The summed E-state index contributed by atoms with van der Waals surface area (Å²) in [5, 5.41) is 4.77. The fourth-order valence-corrected chi connectivity index (χ4v) is 2.61. The molecule has 4 aromatic rings. The van der Waals surface area contributed by atoms with E-state index in [9.17, 15) is 0 Å². The lowest BCUT2D eigenvalue weighted by Gasteiger charge is -1.99. The maximum absolute atomic E-state index is 5.80. The van der Waals surface area contributed by atoms with Gasteiger partial charge in [0.2, 0.25) is 0 Å². The Kier molecular flexibility index (Phi) is 12.2. The van der Waals surface area contributed by atoms with Crippen LogP contribution in [-0.4, -0.2) is 24.3 Å². The fraction of sp³-hybridized carbons (Fsp3) is 0.269. The van der Waals surface area contributed by atoms with Gasteiger partial charge in [-0.3, -0.25) is 4.68 Å². The molecule has 0 fully saturated rings. The zero-order valence-electron chi connectivity index (χ0n) is 20.0. The third-order valence-electron chi connectivity index (χ3n) is 4.03. The molecular formula is C26H32ClN5. The van der Waals surface area contributed by atoms with Gasteiger partial charge in [-0.1, -0.05) is 69.6 Å². The highest BCUT2D eigenvalue weighted by Crippen LogP contribution is 2.19. The molecule has 0 saturated carbocycles. The summed E-state index contributed by atoms with van der Waals surface area (Å²) in [5.74, 6) is 5.80. The smallest absolute Gasteiger partial charge is 0.135 e. The van der Waals surface area contributed by atoms with Crippen molar-refractivity contribution in [3.05, 3.63) is 89.4 Å². The molecule has 0 aliphatic carbocycles.